The zero-order valence-corrected chi connectivity index (χ0v) is 37.8. The van der Waals surface area contributed by atoms with Gasteiger partial charge in [0, 0.05) is 6.42 Å². The van der Waals surface area contributed by atoms with Crippen molar-refractivity contribution in [3.8, 4) is 0 Å². The molecular weight excluding hydrogens is 744 g/mol. The van der Waals surface area contributed by atoms with Gasteiger partial charge in [-0.1, -0.05) is 148 Å². The molecule has 0 rings (SSSR count). The number of phosphoric acid groups is 1. The van der Waals surface area contributed by atoms with E-state index in [1.54, 1.807) is 6.08 Å². The van der Waals surface area contributed by atoms with Crippen LogP contribution in [-0.4, -0.2) is 68.5 Å². The minimum atomic E-state index is -4.61. The van der Waals surface area contributed by atoms with Gasteiger partial charge in [0.15, 0.2) is 0 Å². The molecule has 8 nitrogen and oxygen atoms in total. The number of carbonyl (C=O) groups is 1. The van der Waals surface area contributed by atoms with Gasteiger partial charge in [0.1, 0.15) is 13.2 Å². The third-order valence-corrected chi connectivity index (χ3v) is 9.62. The van der Waals surface area contributed by atoms with Gasteiger partial charge in [0.25, 0.3) is 7.82 Å². The van der Waals surface area contributed by atoms with Crippen LogP contribution >= 0.6 is 7.82 Å². The first kappa shape index (κ1) is 54.9. The number of amides is 1. The van der Waals surface area contributed by atoms with Gasteiger partial charge >= 0.3 is 0 Å². The summed E-state index contributed by atoms with van der Waals surface area (Å²) in [4.78, 5) is 25.2. The molecular formula is C49H81N2O6P. The number of hydrogen-bond acceptors (Lipinski definition) is 6. The molecule has 0 aliphatic carbocycles. The molecule has 328 valence electrons. The van der Waals surface area contributed by atoms with E-state index in [1.807, 2.05) is 27.2 Å². The van der Waals surface area contributed by atoms with E-state index in [-0.39, 0.29) is 18.9 Å². The molecule has 2 N–H and O–H groups in total. The Morgan fingerprint density at radius 2 is 1.05 bits per heavy atom. The number of allylic oxidation sites excluding steroid dienone is 19. The van der Waals surface area contributed by atoms with E-state index < -0.39 is 26.6 Å². The number of hydrogen-bond donors (Lipinski definition) is 2. The highest BCUT2D eigenvalue weighted by atomic mass is 31.2. The molecule has 0 aliphatic rings. The van der Waals surface area contributed by atoms with Gasteiger partial charge in [-0.05, 0) is 96.3 Å². The Morgan fingerprint density at radius 1 is 0.621 bits per heavy atom. The Labute approximate surface area is 354 Å². The van der Waals surface area contributed by atoms with Crippen LogP contribution < -0.4 is 10.2 Å². The van der Waals surface area contributed by atoms with Gasteiger partial charge in [-0.15, -0.1) is 0 Å². The topological polar surface area (TPSA) is 108 Å². The van der Waals surface area contributed by atoms with E-state index >= 15 is 0 Å². The molecule has 0 spiro atoms. The molecule has 1 amide bonds. The summed E-state index contributed by atoms with van der Waals surface area (Å²) in [5.41, 5.74) is 0. The molecule has 0 bridgehead atoms. The van der Waals surface area contributed by atoms with E-state index in [0.717, 1.165) is 83.5 Å². The lowest BCUT2D eigenvalue weighted by Crippen LogP contribution is -2.45. The Kier molecular flexibility index (Phi) is 37.3. The Bertz CT molecular complexity index is 1350. The van der Waals surface area contributed by atoms with E-state index in [2.05, 4.69) is 129 Å². The van der Waals surface area contributed by atoms with Crippen LogP contribution in [0.3, 0.4) is 0 Å². The summed E-state index contributed by atoms with van der Waals surface area (Å²) in [6.07, 6.45) is 58.4. The van der Waals surface area contributed by atoms with Crippen LogP contribution in [0.15, 0.2) is 122 Å². The molecule has 0 aromatic rings. The second-order valence-electron chi connectivity index (χ2n) is 15.3. The van der Waals surface area contributed by atoms with Crippen molar-refractivity contribution in [2.75, 3.05) is 40.9 Å². The normalized spacial score (nSPS) is 15.5. The lowest BCUT2D eigenvalue weighted by molar-refractivity contribution is -0.870. The summed E-state index contributed by atoms with van der Waals surface area (Å²) >= 11 is 0. The van der Waals surface area contributed by atoms with Crippen molar-refractivity contribution in [1.29, 1.82) is 0 Å². The van der Waals surface area contributed by atoms with E-state index in [4.69, 9.17) is 9.05 Å². The highest BCUT2D eigenvalue weighted by Crippen LogP contribution is 2.38. The van der Waals surface area contributed by atoms with E-state index in [0.29, 0.717) is 17.4 Å². The van der Waals surface area contributed by atoms with Crippen LogP contribution in [-0.2, 0) is 18.4 Å². The predicted molar refractivity (Wildman–Crippen MR) is 246 cm³/mol. The number of rotatable bonds is 37. The van der Waals surface area contributed by atoms with Crippen molar-refractivity contribution >= 4 is 13.7 Å². The van der Waals surface area contributed by atoms with Gasteiger partial charge < -0.3 is 28.8 Å². The van der Waals surface area contributed by atoms with Crippen molar-refractivity contribution in [1.82, 2.24) is 5.32 Å². The Balaban J connectivity index is 4.42. The number of quaternary nitrogens is 1. The van der Waals surface area contributed by atoms with Gasteiger partial charge in [-0.25, -0.2) is 0 Å². The zero-order chi connectivity index (χ0) is 42.8. The monoisotopic (exact) mass is 825 g/mol. The Hall–Kier alpha value is -3.10. The SMILES string of the molecule is CC/C=C\C/C=C\C/C=C\C/C=C\C/C=C\C/C=C\C/C=C\C/C=C\CCCCC(=O)NC(COP(=O)([O-])OCC[N+](C)(C)C)C(O)/C=C/CC/C=C/CCCCC. The average Bonchev–Trinajstić information content (AvgIpc) is 3.17. The second-order valence-corrected chi connectivity index (χ2v) is 16.7. The van der Waals surface area contributed by atoms with Gasteiger partial charge in [0.05, 0.1) is 39.9 Å². The second kappa shape index (κ2) is 39.4. The first-order chi connectivity index (χ1) is 28.0. The third-order valence-electron chi connectivity index (χ3n) is 8.66. The summed E-state index contributed by atoms with van der Waals surface area (Å²) < 4.78 is 23.0. The summed E-state index contributed by atoms with van der Waals surface area (Å²) in [6, 6.07) is -0.933. The number of phosphoric ester groups is 1. The van der Waals surface area contributed by atoms with Crippen LogP contribution in [0, 0.1) is 0 Å². The molecule has 58 heavy (non-hydrogen) atoms. The fraction of sp³-hybridized carbons (Fsp3) is 0.571. The molecule has 3 atom stereocenters. The number of unbranched alkanes of at least 4 members (excludes halogenated alkanes) is 6. The van der Waals surface area contributed by atoms with Crippen LogP contribution in [0.4, 0.5) is 0 Å². The van der Waals surface area contributed by atoms with Gasteiger partial charge in [-0.3, -0.25) is 9.36 Å². The quantitative estimate of drug-likeness (QED) is 0.0280. The number of nitrogens with zero attached hydrogens (tertiary/aromatic N) is 1. The summed E-state index contributed by atoms with van der Waals surface area (Å²) in [7, 11) is 1.18. The fourth-order valence-electron chi connectivity index (χ4n) is 5.18. The molecule has 0 aromatic carbocycles. The summed E-state index contributed by atoms with van der Waals surface area (Å²) in [6.45, 7) is 4.37. The summed E-state index contributed by atoms with van der Waals surface area (Å²) in [5.74, 6) is -0.260. The van der Waals surface area contributed by atoms with Gasteiger partial charge in [-0.2, -0.15) is 0 Å². The minimum absolute atomic E-state index is 0.0230. The van der Waals surface area contributed by atoms with Gasteiger partial charge in [0.2, 0.25) is 5.91 Å². The molecule has 0 heterocycles. The first-order valence-electron chi connectivity index (χ1n) is 21.9. The average molecular weight is 825 g/mol. The number of carbonyl (C=O) groups excluding carboxylic acids is 1. The van der Waals surface area contributed by atoms with Crippen molar-refractivity contribution < 1.29 is 32.9 Å². The van der Waals surface area contributed by atoms with Crippen molar-refractivity contribution in [3.05, 3.63) is 122 Å². The predicted octanol–water partition coefficient (Wildman–Crippen LogP) is 11.7. The number of nitrogens with one attached hydrogen (secondary N) is 1. The van der Waals surface area contributed by atoms with Crippen LogP contribution in [0.5, 0.6) is 0 Å². The molecule has 0 fully saturated rings. The minimum Gasteiger partial charge on any atom is -0.756 e. The molecule has 3 unspecified atom stereocenters. The molecule has 0 radical (unpaired) electrons. The maximum Gasteiger partial charge on any atom is 0.268 e. The van der Waals surface area contributed by atoms with Crippen LogP contribution in [0.2, 0.25) is 0 Å². The third kappa shape index (κ3) is 41.1. The Morgan fingerprint density at radius 3 is 1.53 bits per heavy atom. The fourth-order valence-corrected chi connectivity index (χ4v) is 5.90. The maximum atomic E-state index is 12.8. The largest absolute Gasteiger partial charge is 0.756 e. The molecule has 0 saturated carbocycles. The smallest absolute Gasteiger partial charge is 0.268 e. The lowest BCUT2D eigenvalue weighted by atomic mass is 10.1. The highest BCUT2D eigenvalue weighted by molar-refractivity contribution is 7.45. The van der Waals surface area contributed by atoms with Crippen molar-refractivity contribution in [2.24, 2.45) is 0 Å². The zero-order valence-electron chi connectivity index (χ0n) is 36.9. The molecule has 9 heteroatoms. The molecule has 0 saturated heterocycles. The van der Waals surface area contributed by atoms with E-state index in [9.17, 15) is 19.4 Å². The van der Waals surface area contributed by atoms with Crippen LogP contribution in [0.1, 0.15) is 129 Å². The van der Waals surface area contributed by atoms with Crippen molar-refractivity contribution in [3.63, 3.8) is 0 Å². The van der Waals surface area contributed by atoms with E-state index in [1.165, 1.54) is 19.3 Å². The molecule has 0 aliphatic heterocycles. The van der Waals surface area contributed by atoms with Crippen molar-refractivity contribution in [2.45, 2.75) is 142 Å². The summed E-state index contributed by atoms with van der Waals surface area (Å²) in [5, 5.41) is 13.6. The lowest BCUT2D eigenvalue weighted by Gasteiger charge is -2.29. The number of aliphatic hydroxyl groups excluding tert-OH is 1. The highest BCUT2D eigenvalue weighted by Gasteiger charge is 2.23. The number of likely N-dealkylation sites (N-methyl/N-ethyl adjacent to an activating group) is 1. The molecule has 0 aromatic heterocycles. The number of aliphatic hydroxyl groups is 1. The first-order valence-corrected chi connectivity index (χ1v) is 23.4. The van der Waals surface area contributed by atoms with Crippen LogP contribution in [0.25, 0.3) is 0 Å². The standard InChI is InChI=1S/C49H81N2O6P/c1-6-8-10-12-14-16-17-18-19-20-21-22-23-24-25-26-27-28-29-30-31-32-33-35-37-39-41-43-49(53)50-47(46-57-58(54,55)56-45-44-51(3,4)5)48(52)42-40-38-36-34-15-13-11-9-7-2/h8,10,14-16,18-19,21-22,24-25,27-28,30-31,33-35,40,42,47-48,52H,6-7,9,11-13,17,20,23,26,29,32,36-39,41,43-46H2,1-5H3,(H-,50,53,54,55)/b10-8-,16-14-,19-18-,22-21-,25-24-,28-27-,31-30-,34-15+,35-33-,42-40+. The maximum absolute atomic E-state index is 12.8.